The molecule has 0 aliphatic heterocycles. The number of sulfonamides is 1. The maximum Gasteiger partial charge on any atom is 0.242 e. The van der Waals surface area contributed by atoms with Gasteiger partial charge >= 0.3 is 0 Å². The van der Waals surface area contributed by atoms with Gasteiger partial charge in [-0.3, -0.25) is 0 Å². The Kier molecular flexibility index (Phi) is 4.17. The van der Waals surface area contributed by atoms with Crippen LogP contribution in [-0.2, 0) is 16.6 Å². The number of phenols is 2. The van der Waals surface area contributed by atoms with Crippen molar-refractivity contribution in [3.8, 4) is 11.5 Å². The second-order valence-electron chi connectivity index (χ2n) is 4.06. The Labute approximate surface area is 121 Å². The summed E-state index contributed by atoms with van der Waals surface area (Å²) in [6.45, 7) is 0.0984. The smallest absolute Gasteiger partial charge is 0.242 e. The molecule has 0 atom stereocenters. The van der Waals surface area contributed by atoms with Crippen molar-refractivity contribution in [1.82, 2.24) is 4.72 Å². The highest BCUT2D eigenvalue weighted by molar-refractivity contribution is 7.89. The summed E-state index contributed by atoms with van der Waals surface area (Å²) in [5.74, 6) is -1.13. The lowest BCUT2D eigenvalue weighted by atomic mass is 10.2. The summed E-state index contributed by atoms with van der Waals surface area (Å²) < 4.78 is 26.6. The summed E-state index contributed by atoms with van der Waals surface area (Å²) in [4.78, 5) is -0.287. The van der Waals surface area contributed by atoms with E-state index in [1.165, 1.54) is 0 Å². The Hall–Kier alpha value is -1.76. The quantitative estimate of drug-likeness (QED) is 0.755. The highest BCUT2D eigenvalue weighted by Crippen LogP contribution is 2.37. The van der Waals surface area contributed by atoms with Gasteiger partial charge in [0.25, 0.3) is 0 Å². The lowest BCUT2D eigenvalue weighted by Gasteiger charge is -2.10. The fourth-order valence-electron chi connectivity index (χ4n) is 1.60. The first-order valence-electron chi connectivity index (χ1n) is 5.66. The maximum atomic E-state index is 12.1. The highest BCUT2D eigenvalue weighted by atomic mass is 35.5. The van der Waals surface area contributed by atoms with Crippen LogP contribution in [0.1, 0.15) is 5.56 Å². The molecule has 5 nitrogen and oxygen atoms in total. The van der Waals surface area contributed by atoms with Crippen LogP contribution in [0.25, 0.3) is 0 Å². The Morgan fingerprint density at radius 3 is 2.35 bits per heavy atom. The molecular weight excluding hydrogens is 302 g/mol. The molecule has 0 unspecified atom stereocenters. The molecule has 0 fully saturated rings. The summed E-state index contributed by atoms with van der Waals surface area (Å²) in [7, 11) is -3.88. The zero-order chi connectivity index (χ0) is 14.8. The van der Waals surface area contributed by atoms with Crippen molar-refractivity contribution in [2.24, 2.45) is 0 Å². The molecule has 7 heteroatoms. The Morgan fingerprint density at radius 2 is 1.70 bits per heavy atom. The average molecular weight is 314 g/mol. The van der Waals surface area contributed by atoms with E-state index in [-0.39, 0.29) is 11.4 Å². The van der Waals surface area contributed by atoms with Crippen molar-refractivity contribution < 1.29 is 18.6 Å². The van der Waals surface area contributed by atoms with Crippen LogP contribution in [0.15, 0.2) is 47.4 Å². The van der Waals surface area contributed by atoms with Gasteiger partial charge in [-0.25, -0.2) is 13.1 Å². The van der Waals surface area contributed by atoms with Gasteiger partial charge in [-0.15, -0.1) is 0 Å². The maximum absolute atomic E-state index is 12.1. The molecule has 106 valence electrons. The molecule has 2 aromatic rings. The summed E-state index contributed by atoms with van der Waals surface area (Å²) in [6.07, 6.45) is 0. The predicted molar refractivity (Wildman–Crippen MR) is 75.2 cm³/mol. The van der Waals surface area contributed by atoms with Crippen LogP contribution in [0.2, 0.25) is 5.02 Å². The first-order chi connectivity index (χ1) is 9.42. The molecule has 0 amide bonds. The summed E-state index contributed by atoms with van der Waals surface area (Å²) in [5.41, 5.74) is 0.787. The number of benzene rings is 2. The number of aromatic hydroxyl groups is 2. The standard InChI is InChI=1S/C13H12ClNO4S/c14-12-11(7-6-10(16)13(12)17)20(18,19)15-8-9-4-2-1-3-5-9/h1-7,15-17H,8H2. The van der Waals surface area contributed by atoms with E-state index in [1.54, 1.807) is 24.3 Å². The van der Waals surface area contributed by atoms with E-state index in [4.69, 9.17) is 11.6 Å². The second kappa shape index (κ2) is 5.70. The van der Waals surface area contributed by atoms with E-state index < -0.39 is 26.5 Å². The van der Waals surface area contributed by atoms with E-state index in [9.17, 15) is 18.6 Å². The Balaban J connectivity index is 2.25. The minimum Gasteiger partial charge on any atom is -0.504 e. The minimum absolute atomic E-state index is 0.0984. The van der Waals surface area contributed by atoms with Gasteiger partial charge in [-0.05, 0) is 17.7 Å². The number of rotatable bonds is 4. The van der Waals surface area contributed by atoms with Crippen LogP contribution in [0.5, 0.6) is 11.5 Å². The lowest BCUT2D eigenvalue weighted by Crippen LogP contribution is -2.23. The SMILES string of the molecule is O=S(=O)(NCc1ccccc1)c1ccc(O)c(O)c1Cl. The fourth-order valence-corrected chi connectivity index (χ4v) is 3.15. The second-order valence-corrected chi connectivity index (χ2v) is 6.17. The van der Waals surface area contributed by atoms with Crippen LogP contribution in [0.3, 0.4) is 0 Å². The first kappa shape index (κ1) is 14.6. The molecule has 0 saturated heterocycles. The number of hydrogen-bond donors (Lipinski definition) is 3. The molecule has 0 saturated carbocycles. The number of phenolic OH excluding ortho intramolecular Hbond substituents is 2. The molecule has 2 rings (SSSR count). The molecule has 20 heavy (non-hydrogen) atoms. The Bertz CT molecular complexity index is 717. The van der Waals surface area contributed by atoms with Crippen molar-refractivity contribution in [2.75, 3.05) is 0 Å². The molecule has 0 radical (unpaired) electrons. The van der Waals surface area contributed by atoms with Crippen LogP contribution in [0.4, 0.5) is 0 Å². The number of nitrogens with one attached hydrogen (secondary N) is 1. The molecule has 0 bridgehead atoms. The van der Waals surface area contributed by atoms with Gasteiger partial charge in [0.15, 0.2) is 11.5 Å². The molecule has 0 heterocycles. The van der Waals surface area contributed by atoms with Gasteiger partial charge in [-0.2, -0.15) is 0 Å². The van der Waals surface area contributed by atoms with Gasteiger partial charge in [0, 0.05) is 6.54 Å². The summed E-state index contributed by atoms with van der Waals surface area (Å²) >= 11 is 5.74. The molecule has 0 aromatic heterocycles. The van der Waals surface area contributed by atoms with E-state index in [2.05, 4.69) is 4.72 Å². The topological polar surface area (TPSA) is 86.6 Å². The fraction of sp³-hybridized carbons (Fsp3) is 0.0769. The van der Waals surface area contributed by atoms with Gasteiger partial charge in [0.05, 0.1) is 0 Å². The van der Waals surface area contributed by atoms with Gasteiger partial charge in [0.1, 0.15) is 9.92 Å². The van der Waals surface area contributed by atoms with Gasteiger partial charge < -0.3 is 10.2 Å². The Morgan fingerprint density at radius 1 is 1.05 bits per heavy atom. The third kappa shape index (κ3) is 3.04. The highest BCUT2D eigenvalue weighted by Gasteiger charge is 2.21. The first-order valence-corrected chi connectivity index (χ1v) is 7.52. The summed E-state index contributed by atoms with van der Waals surface area (Å²) in [6, 6.07) is 11.2. The van der Waals surface area contributed by atoms with Crippen LogP contribution in [-0.4, -0.2) is 18.6 Å². The van der Waals surface area contributed by atoms with Gasteiger partial charge in [-0.1, -0.05) is 41.9 Å². The summed E-state index contributed by atoms with van der Waals surface area (Å²) in [5, 5.41) is 18.3. The number of halogens is 1. The van der Waals surface area contributed by atoms with E-state index >= 15 is 0 Å². The van der Waals surface area contributed by atoms with Crippen LogP contribution >= 0.6 is 11.6 Å². The van der Waals surface area contributed by atoms with Crippen LogP contribution < -0.4 is 4.72 Å². The molecule has 2 aromatic carbocycles. The third-order valence-electron chi connectivity index (χ3n) is 2.66. The monoisotopic (exact) mass is 313 g/mol. The average Bonchev–Trinajstić information content (AvgIpc) is 2.44. The molecule has 3 N–H and O–H groups in total. The largest absolute Gasteiger partial charge is 0.504 e. The van der Waals surface area contributed by atoms with Gasteiger partial charge in [0.2, 0.25) is 10.0 Å². The van der Waals surface area contributed by atoms with Crippen molar-refractivity contribution in [3.05, 3.63) is 53.1 Å². The zero-order valence-corrected chi connectivity index (χ0v) is 11.8. The third-order valence-corrected chi connectivity index (χ3v) is 4.60. The predicted octanol–water partition coefficient (Wildman–Crippen LogP) is 2.23. The normalized spacial score (nSPS) is 11.4. The molecular formula is C13H12ClNO4S. The molecule has 0 spiro atoms. The molecule has 0 aliphatic rings. The van der Waals surface area contributed by atoms with Crippen molar-refractivity contribution in [2.45, 2.75) is 11.4 Å². The number of hydrogen-bond acceptors (Lipinski definition) is 4. The van der Waals surface area contributed by atoms with Crippen molar-refractivity contribution in [1.29, 1.82) is 0 Å². The van der Waals surface area contributed by atoms with Crippen molar-refractivity contribution in [3.63, 3.8) is 0 Å². The molecule has 0 aliphatic carbocycles. The van der Waals surface area contributed by atoms with E-state index in [0.29, 0.717) is 0 Å². The van der Waals surface area contributed by atoms with Crippen molar-refractivity contribution >= 4 is 21.6 Å². The lowest BCUT2D eigenvalue weighted by molar-refractivity contribution is 0.402. The van der Waals surface area contributed by atoms with Crippen LogP contribution in [0, 0.1) is 0 Å². The minimum atomic E-state index is -3.88. The zero-order valence-electron chi connectivity index (χ0n) is 10.2. The van der Waals surface area contributed by atoms with E-state index in [1.807, 2.05) is 6.07 Å². The van der Waals surface area contributed by atoms with E-state index in [0.717, 1.165) is 17.7 Å².